The Balaban J connectivity index is 1.76. The van der Waals surface area contributed by atoms with E-state index in [1.54, 1.807) is 12.1 Å². The van der Waals surface area contributed by atoms with Gasteiger partial charge in [-0.3, -0.25) is 9.78 Å². The summed E-state index contributed by atoms with van der Waals surface area (Å²) in [6.45, 7) is 0.474. The second-order valence-corrected chi connectivity index (χ2v) is 5.17. The molecule has 0 radical (unpaired) electrons. The van der Waals surface area contributed by atoms with E-state index in [0.29, 0.717) is 22.7 Å². The SMILES string of the molecule is O=c1[nH]c(O)c(COc2ccc3c(c2)B(O)OC3)s1. The van der Waals surface area contributed by atoms with Crippen molar-refractivity contribution < 1.29 is 19.5 Å². The van der Waals surface area contributed by atoms with Crippen molar-refractivity contribution in [2.24, 2.45) is 0 Å². The molecule has 2 heterocycles. The van der Waals surface area contributed by atoms with Crippen LogP contribution in [0.25, 0.3) is 0 Å². The summed E-state index contributed by atoms with van der Waals surface area (Å²) in [6, 6.07) is 5.27. The number of nitrogens with one attached hydrogen (secondary N) is 1. The Morgan fingerprint density at radius 2 is 2.37 bits per heavy atom. The second-order valence-electron chi connectivity index (χ2n) is 4.10. The van der Waals surface area contributed by atoms with E-state index in [0.717, 1.165) is 16.9 Å². The van der Waals surface area contributed by atoms with Gasteiger partial charge in [-0.05, 0) is 23.2 Å². The molecule has 0 atom stereocenters. The summed E-state index contributed by atoms with van der Waals surface area (Å²) in [7, 11) is -0.921. The maximum absolute atomic E-state index is 11.0. The Labute approximate surface area is 112 Å². The molecule has 6 nitrogen and oxygen atoms in total. The highest BCUT2D eigenvalue weighted by molar-refractivity contribution is 7.09. The summed E-state index contributed by atoms with van der Waals surface area (Å²) in [5.41, 5.74) is 1.61. The zero-order valence-electron chi connectivity index (χ0n) is 9.75. The van der Waals surface area contributed by atoms with Crippen molar-refractivity contribution in [3.05, 3.63) is 38.3 Å². The molecular weight excluding hydrogens is 269 g/mol. The molecule has 1 aromatic carbocycles. The van der Waals surface area contributed by atoms with Crippen LogP contribution < -0.4 is 15.1 Å². The van der Waals surface area contributed by atoms with Crippen LogP contribution in [0.4, 0.5) is 0 Å². The van der Waals surface area contributed by atoms with Gasteiger partial charge in [0.15, 0.2) is 0 Å². The van der Waals surface area contributed by atoms with E-state index in [1.165, 1.54) is 0 Å². The standard InChI is InChI=1S/C11H10BNO5S/c14-10-9(19-11(15)13-10)5-17-7-2-1-6-4-18-12(16)8(6)3-7/h1-3,14,16H,4-5H2,(H,13,15). The van der Waals surface area contributed by atoms with Crippen molar-refractivity contribution in [3.63, 3.8) is 0 Å². The molecule has 0 aliphatic carbocycles. The summed E-state index contributed by atoms with van der Waals surface area (Å²) in [5, 5.41) is 19.0. The van der Waals surface area contributed by atoms with Crippen LogP contribution in [0.5, 0.6) is 11.6 Å². The van der Waals surface area contributed by atoms with E-state index in [4.69, 9.17) is 9.39 Å². The normalized spacial score (nSPS) is 13.6. The zero-order chi connectivity index (χ0) is 13.4. The average Bonchev–Trinajstić information content (AvgIpc) is 2.90. The molecule has 1 aromatic heterocycles. The molecule has 8 heteroatoms. The van der Waals surface area contributed by atoms with Crippen LogP contribution in [-0.2, 0) is 17.9 Å². The molecule has 3 rings (SSSR count). The van der Waals surface area contributed by atoms with Gasteiger partial charge >= 0.3 is 12.0 Å². The highest BCUT2D eigenvalue weighted by Crippen LogP contribution is 2.20. The lowest BCUT2D eigenvalue weighted by molar-refractivity contribution is 0.275. The highest BCUT2D eigenvalue weighted by Gasteiger charge is 2.27. The predicted octanol–water partition coefficient (Wildman–Crippen LogP) is -0.0613. The molecule has 1 aliphatic heterocycles. The van der Waals surface area contributed by atoms with Gasteiger partial charge in [-0.15, -0.1) is 0 Å². The van der Waals surface area contributed by atoms with Crippen molar-refractivity contribution >= 4 is 23.9 Å². The van der Waals surface area contributed by atoms with Crippen molar-refractivity contribution in [3.8, 4) is 11.6 Å². The maximum atomic E-state index is 11.0. The molecule has 0 saturated heterocycles. The van der Waals surface area contributed by atoms with E-state index in [9.17, 15) is 14.9 Å². The Morgan fingerprint density at radius 3 is 3.11 bits per heavy atom. The lowest BCUT2D eigenvalue weighted by Gasteiger charge is -2.06. The average molecular weight is 279 g/mol. The molecule has 0 saturated carbocycles. The molecular formula is C11H10BNO5S. The third-order valence-corrected chi connectivity index (χ3v) is 3.70. The molecule has 0 unspecified atom stereocenters. The molecule has 2 aromatic rings. The number of aromatic amines is 1. The highest BCUT2D eigenvalue weighted by atomic mass is 32.1. The van der Waals surface area contributed by atoms with Crippen LogP contribution in [0.1, 0.15) is 10.4 Å². The summed E-state index contributed by atoms with van der Waals surface area (Å²) >= 11 is 0.899. The van der Waals surface area contributed by atoms with Crippen LogP contribution in [0.15, 0.2) is 23.0 Å². The lowest BCUT2D eigenvalue weighted by Crippen LogP contribution is -2.27. The molecule has 0 spiro atoms. The summed E-state index contributed by atoms with van der Waals surface area (Å²) in [4.78, 5) is 13.4. The largest absolute Gasteiger partial charge is 0.494 e. The van der Waals surface area contributed by atoms with Gasteiger partial charge in [0.25, 0.3) is 0 Å². The van der Waals surface area contributed by atoms with Crippen LogP contribution in [-0.4, -0.2) is 22.2 Å². The van der Waals surface area contributed by atoms with Gasteiger partial charge in [0.2, 0.25) is 5.88 Å². The first-order chi connectivity index (χ1) is 9.13. The Bertz CT molecular complexity index is 667. The molecule has 3 N–H and O–H groups in total. The number of aromatic hydroxyl groups is 1. The van der Waals surface area contributed by atoms with Gasteiger partial charge in [-0.2, -0.15) is 0 Å². The fourth-order valence-corrected chi connectivity index (χ4v) is 2.52. The van der Waals surface area contributed by atoms with Crippen molar-refractivity contribution in [2.45, 2.75) is 13.2 Å². The minimum Gasteiger partial charge on any atom is -0.494 e. The fourth-order valence-electron chi connectivity index (χ4n) is 1.88. The zero-order valence-corrected chi connectivity index (χ0v) is 10.6. The minimum atomic E-state index is -0.921. The summed E-state index contributed by atoms with van der Waals surface area (Å²) in [6.07, 6.45) is 0. The fraction of sp³-hybridized carbons (Fsp3) is 0.182. The summed E-state index contributed by atoms with van der Waals surface area (Å²) < 4.78 is 10.6. The number of hydrogen-bond acceptors (Lipinski definition) is 6. The number of hydrogen-bond donors (Lipinski definition) is 3. The number of ether oxygens (including phenoxy) is 1. The number of thiazole rings is 1. The third kappa shape index (κ3) is 2.37. The van der Waals surface area contributed by atoms with Crippen molar-refractivity contribution in [2.75, 3.05) is 0 Å². The first-order valence-electron chi connectivity index (χ1n) is 5.60. The van der Waals surface area contributed by atoms with Gasteiger partial charge < -0.3 is 19.5 Å². The second kappa shape index (κ2) is 4.73. The van der Waals surface area contributed by atoms with E-state index >= 15 is 0 Å². The summed E-state index contributed by atoms with van der Waals surface area (Å²) in [5.74, 6) is 0.378. The van der Waals surface area contributed by atoms with E-state index < -0.39 is 7.12 Å². The maximum Gasteiger partial charge on any atom is 0.491 e. The first kappa shape index (κ1) is 12.3. The first-order valence-corrected chi connectivity index (χ1v) is 6.41. The molecule has 1 aliphatic rings. The Kier molecular flexibility index (Phi) is 3.05. The topological polar surface area (TPSA) is 91.8 Å². The molecule has 98 valence electrons. The number of H-pyrrole nitrogens is 1. The van der Waals surface area contributed by atoms with Gasteiger partial charge in [-0.1, -0.05) is 17.4 Å². The monoisotopic (exact) mass is 279 g/mol. The number of benzene rings is 1. The Hall–Kier alpha value is -1.77. The van der Waals surface area contributed by atoms with Crippen LogP contribution >= 0.6 is 11.3 Å². The molecule has 0 bridgehead atoms. The van der Waals surface area contributed by atoms with E-state index in [1.807, 2.05) is 6.07 Å². The van der Waals surface area contributed by atoms with E-state index in [2.05, 4.69) is 4.98 Å². The van der Waals surface area contributed by atoms with Gasteiger partial charge in [-0.25, -0.2) is 0 Å². The number of aromatic nitrogens is 1. The lowest BCUT2D eigenvalue weighted by atomic mass is 9.79. The molecule has 0 fully saturated rings. The molecule has 19 heavy (non-hydrogen) atoms. The Morgan fingerprint density at radius 1 is 1.53 bits per heavy atom. The third-order valence-electron chi connectivity index (χ3n) is 2.85. The predicted molar refractivity (Wildman–Crippen MR) is 69.8 cm³/mol. The van der Waals surface area contributed by atoms with Crippen LogP contribution in [0, 0.1) is 0 Å². The van der Waals surface area contributed by atoms with Crippen molar-refractivity contribution in [1.29, 1.82) is 0 Å². The van der Waals surface area contributed by atoms with Gasteiger partial charge in [0.1, 0.15) is 17.2 Å². The number of fused-ring (bicyclic) bond motifs is 1. The van der Waals surface area contributed by atoms with Gasteiger partial charge in [0.05, 0.1) is 6.61 Å². The number of rotatable bonds is 3. The smallest absolute Gasteiger partial charge is 0.491 e. The minimum absolute atomic E-state index is 0.0883. The van der Waals surface area contributed by atoms with E-state index in [-0.39, 0.29) is 17.4 Å². The molecule has 0 amide bonds. The van der Waals surface area contributed by atoms with Crippen LogP contribution in [0.3, 0.4) is 0 Å². The van der Waals surface area contributed by atoms with Crippen LogP contribution in [0.2, 0.25) is 0 Å². The quantitative estimate of drug-likeness (QED) is 0.684. The van der Waals surface area contributed by atoms with Gasteiger partial charge in [0, 0.05) is 0 Å². The van der Waals surface area contributed by atoms with Crippen molar-refractivity contribution in [1.82, 2.24) is 4.98 Å².